The van der Waals surface area contributed by atoms with E-state index in [1.54, 1.807) is 11.2 Å². The number of aromatic nitrogens is 3. The summed E-state index contributed by atoms with van der Waals surface area (Å²) in [5, 5.41) is 1.84. The summed E-state index contributed by atoms with van der Waals surface area (Å²) in [5.74, 6) is 1.03. The fraction of sp³-hybridized carbons (Fsp3) is 0.250. The van der Waals surface area contributed by atoms with Gasteiger partial charge in [0, 0.05) is 22.5 Å². The molecule has 0 atom stereocenters. The van der Waals surface area contributed by atoms with Crippen molar-refractivity contribution in [3.05, 3.63) is 72.1 Å². The molecule has 4 aromatic rings. The molecule has 5 nitrogen and oxygen atoms in total. The van der Waals surface area contributed by atoms with Crippen LogP contribution in [0.1, 0.15) is 6.92 Å². The Hall–Kier alpha value is -2.89. The Morgan fingerprint density at radius 1 is 0.967 bits per heavy atom. The Labute approximate surface area is 181 Å². The monoisotopic (exact) mass is 418 g/mol. The van der Waals surface area contributed by atoms with Crippen LogP contribution in [0.3, 0.4) is 0 Å². The van der Waals surface area contributed by atoms with E-state index in [9.17, 15) is 0 Å². The second-order valence-corrected chi connectivity index (χ2v) is 8.18. The van der Waals surface area contributed by atoms with E-state index in [1.165, 1.54) is 12.1 Å². The average Bonchev–Trinajstić information content (AvgIpc) is 3.20. The molecule has 30 heavy (non-hydrogen) atoms. The molecule has 0 radical (unpaired) electrons. The fourth-order valence-corrected chi connectivity index (χ4v) is 4.43. The number of hydrogen-bond acceptors (Lipinski definition) is 3. The minimum absolute atomic E-state index is 0.727. The lowest BCUT2D eigenvalue weighted by Crippen LogP contribution is -3.14. The van der Waals surface area contributed by atoms with Gasteiger partial charge in [0.25, 0.3) is 0 Å². The van der Waals surface area contributed by atoms with Crippen LogP contribution >= 0.6 is 11.6 Å². The van der Waals surface area contributed by atoms with Crippen LogP contribution in [0, 0.1) is 0 Å². The SMILES string of the molecule is CC[NH+]1CCN(c2ncnc3c2c(-c2ccccc2)cn3-c2ccc(Cl)cc2)CC1. The van der Waals surface area contributed by atoms with Gasteiger partial charge in [-0.15, -0.1) is 0 Å². The Balaban J connectivity index is 1.69. The zero-order valence-corrected chi connectivity index (χ0v) is 17.8. The summed E-state index contributed by atoms with van der Waals surface area (Å²) in [5.41, 5.74) is 4.29. The van der Waals surface area contributed by atoms with Crippen LogP contribution < -0.4 is 9.80 Å². The molecule has 1 N–H and O–H groups in total. The molecule has 0 spiro atoms. The molecule has 1 aliphatic rings. The Kier molecular flexibility index (Phi) is 5.15. The molecule has 6 heteroatoms. The number of likely N-dealkylation sites (N-methyl/N-ethyl adjacent to an activating group) is 1. The van der Waals surface area contributed by atoms with Crippen LogP contribution in [0.15, 0.2) is 67.1 Å². The maximum Gasteiger partial charge on any atom is 0.150 e. The van der Waals surface area contributed by atoms with Crippen molar-refractivity contribution >= 4 is 28.5 Å². The van der Waals surface area contributed by atoms with Gasteiger partial charge in [0.05, 0.1) is 38.1 Å². The molecule has 0 saturated carbocycles. The first-order valence-corrected chi connectivity index (χ1v) is 10.9. The maximum absolute atomic E-state index is 6.13. The maximum atomic E-state index is 6.13. The fourth-order valence-electron chi connectivity index (χ4n) is 4.31. The highest BCUT2D eigenvalue weighted by atomic mass is 35.5. The molecule has 5 rings (SSSR count). The van der Waals surface area contributed by atoms with Crippen LogP contribution in [-0.2, 0) is 0 Å². The number of benzene rings is 2. The molecule has 0 bridgehead atoms. The summed E-state index contributed by atoms with van der Waals surface area (Å²) in [6.07, 6.45) is 3.87. The number of nitrogens with one attached hydrogen (secondary N) is 1. The lowest BCUT2D eigenvalue weighted by molar-refractivity contribution is -0.898. The van der Waals surface area contributed by atoms with E-state index in [4.69, 9.17) is 21.6 Å². The van der Waals surface area contributed by atoms with Gasteiger partial charge in [-0.25, -0.2) is 9.97 Å². The first-order valence-electron chi connectivity index (χ1n) is 10.5. The molecule has 0 aliphatic carbocycles. The quantitative estimate of drug-likeness (QED) is 0.551. The molecule has 1 aliphatic heterocycles. The number of anilines is 1. The van der Waals surface area contributed by atoms with E-state index in [0.29, 0.717) is 0 Å². The molecule has 3 heterocycles. The molecule has 0 unspecified atom stereocenters. The Morgan fingerprint density at radius 2 is 1.70 bits per heavy atom. The summed E-state index contributed by atoms with van der Waals surface area (Å²) in [6.45, 7) is 7.73. The number of rotatable bonds is 4. The van der Waals surface area contributed by atoms with Crippen molar-refractivity contribution in [2.24, 2.45) is 0 Å². The predicted octanol–water partition coefficient (Wildman–Crippen LogP) is 3.47. The highest BCUT2D eigenvalue weighted by molar-refractivity contribution is 6.30. The summed E-state index contributed by atoms with van der Waals surface area (Å²) in [7, 11) is 0. The Bertz CT molecular complexity index is 1150. The normalized spacial score (nSPS) is 15.1. The van der Waals surface area contributed by atoms with Gasteiger partial charge >= 0.3 is 0 Å². The third-order valence-corrected chi connectivity index (χ3v) is 6.27. The van der Waals surface area contributed by atoms with Crippen molar-refractivity contribution in [2.45, 2.75) is 6.92 Å². The Morgan fingerprint density at radius 3 is 2.40 bits per heavy atom. The van der Waals surface area contributed by atoms with E-state index in [2.05, 4.69) is 46.9 Å². The number of piperazine rings is 1. The van der Waals surface area contributed by atoms with Crippen molar-refractivity contribution < 1.29 is 4.90 Å². The lowest BCUT2D eigenvalue weighted by Gasteiger charge is -2.32. The van der Waals surface area contributed by atoms with Crippen LogP contribution in [-0.4, -0.2) is 47.3 Å². The minimum Gasteiger partial charge on any atom is -0.345 e. The van der Waals surface area contributed by atoms with Crippen molar-refractivity contribution in [2.75, 3.05) is 37.6 Å². The molecular weight excluding hydrogens is 394 g/mol. The summed E-state index contributed by atoms with van der Waals surface area (Å²) < 4.78 is 2.15. The second-order valence-electron chi connectivity index (χ2n) is 7.74. The largest absolute Gasteiger partial charge is 0.345 e. The van der Waals surface area contributed by atoms with Gasteiger partial charge in [-0.1, -0.05) is 41.9 Å². The molecule has 152 valence electrons. The van der Waals surface area contributed by atoms with E-state index < -0.39 is 0 Å². The third-order valence-electron chi connectivity index (χ3n) is 6.02. The minimum atomic E-state index is 0.727. The number of nitrogens with zero attached hydrogens (tertiary/aromatic N) is 4. The molecular formula is C24H25ClN5+. The van der Waals surface area contributed by atoms with Gasteiger partial charge < -0.3 is 14.4 Å². The van der Waals surface area contributed by atoms with Crippen molar-refractivity contribution in [1.82, 2.24) is 14.5 Å². The second kappa shape index (κ2) is 8.09. The lowest BCUT2D eigenvalue weighted by atomic mass is 10.1. The zero-order chi connectivity index (χ0) is 20.5. The highest BCUT2D eigenvalue weighted by Crippen LogP contribution is 2.36. The first kappa shape index (κ1) is 19.1. The number of halogens is 1. The zero-order valence-electron chi connectivity index (χ0n) is 17.1. The third kappa shape index (κ3) is 3.44. The standard InChI is InChI=1S/C24H24ClN5/c1-2-28-12-14-29(15-13-28)23-22-21(18-6-4-3-5-7-18)16-30(24(22)27-17-26-23)20-10-8-19(25)9-11-20/h3-11,16-17H,2,12-15H2,1H3/p+1. The first-order chi connectivity index (χ1) is 14.7. The van der Waals surface area contributed by atoms with Crippen LogP contribution in [0.25, 0.3) is 27.8 Å². The van der Waals surface area contributed by atoms with E-state index in [-0.39, 0.29) is 0 Å². The summed E-state index contributed by atoms with van der Waals surface area (Å²) >= 11 is 6.13. The van der Waals surface area contributed by atoms with Crippen LogP contribution in [0.4, 0.5) is 5.82 Å². The average molecular weight is 419 g/mol. The molecule has 1 fully saturated rings. The summed E-state index contributed by atoms with van der Waals surface area (Å²) in [6, 6.07) is 18.4. The van der Waals surface area contributed by atoms with Gasteiger partial charge in [0.1, 0.15) is 12.1 Å². The summed E-state index contributed by atoms with van der Waals surface area (Å²) in [4.78, 5) is 13.5. The van der Waals surface area contributed by atoms with Gasteiger partial charge in [-0.05, 0) is 36.8 Å². The number of hydrogen-bond donors (Lipinski definition) is 1. The van der Waals surface area contributed by atoms with E-state index in [0.717, 1.165) is 59.3 Å². The molecule has 1 saturated heterocycles. The van der Waals surface area contributed by atoms with E-state index >= 15 is 0 Å². The van der Waals surface area contributed by atoms with Crippen LogP contribution in [0.2, 0.25) is 5.02 Å². The van der Waals surface area contributed by atoms with Gasteiger partial charge in [-0.3, -0.25) is 0 Å². The molecule has 2 aromatic carbocycles. The number of quaternary nitrogens is 1. The topological polar surface area (TPSA) is 38.4 Å². The molecule has 2 aromatic heterocycles. The highest BCUT2D eigenvalue weighted by Gasteiger charge is 2.25. The van der Waals surface area contributed by atoms with Gasteiger partial charge in [-0.2, -0.15) is 0 Å². The van der Waals surface area contributed by atoms with Crippen molar-refractivity contribution in [3.8, 4) is 16.8 Å². The predicted molar refractivity (Wildman–Crippen MR) is 123 cm³/mol. The van der Waals surface area contributed by atoms with Crippen molar-refractivity contribution in [3.63, 3.8) is 0 Å². The number of fused-ring (bicyclic) bond motifs is 1. The smallest absolute Gasteiger partial charge is 0.150 e. The van der Waals surface area contributed by atoms with Gasteiger partial charge in [0.15, 0.2) is 5.65 Å². The van der Waals surface area contributed by atoms with Gasteiger partial charge in [0.2, 0.25) is 0 Å². The van der Waals surface area contributed by atoms with Crippen LogP contribution in [0.5, 0.6) is 0 Å². The van der Waals surface area contributed by atoms with Crippen molar-refractivity contribution in [1.29, 1.82) is 0 Å². The van der Waals surface area contributed by atoms with E-state index in [1.807, 2.05) is 30.3 Å². The molecule has 0 amide bonds.